The van der Waals surface area contributed by atoms with Crippen LogP contribution < -0.4 is 15.4 Å². The Bertz CT molecular complexity index is 380. The Labute approximate surface area is 120 Å². The molecule has 1 aromatic carbocycles. The number of nitrogens with one attached hydrogen (secondary N) is 2. The van der Waals surface area contributed by atoms with Crippen molar-refractivity contribution in [3.05, 3.63) is 30.3 Å². The molecule has 0 aliphatic carbocycles. The van der Waals surface area contributed by atoms with Gasteiger partial charge < -0.3 is 15.4 Å². The molecule has 1 aromatic rings. The van der Waals surface area contributed by atoms with Crippen molar-refractivity contribution in [1.82, 2.24) is 10.6 Å². The first-order valence-electron chi connectivity index (χ1n) is 6.48. The minimum absolute atomic E-state index is 0. The van der Waals surface area contributed by atoms with E-state index in [0.717, 1.165) is 31.7 Å². The van der Waals surface area contributed by atoms with Crippen LogP contribution in [-0.2, 0) is 4.79 Å². The van der Waals surface area contributed by atoms with Crippen molar-refractivity contribution in [3.63, 3.8) is 0 Å². The van der Waals surface area contributed by atoms with Crippen LogP contribution in [0.25, 0.3) is 0 Å². The summed E-state index contributed by atoms with van der Waals surface area (Å²) in [5.41, 5.74) is 0. The molecular formula is C14H21ClN2O2. The molecule has 0 aromatic heterocycles. The van der Waals surface area contributed by atoms with E-state index >= 15 is 0 Å². The number of amides is 1. The molecule has 1 aliphatic rings. The van der Waals surface area contributed by atoms with Gasteiger partial charge in [-0.15, -0.1) is 12.4 Å². The second-order valence-corrected chi connectivity index (χ2v) is 4.62. The number of ether oxygens (including phenoxy) is 1. The van der Waals surface area contributed by atoms with Crippen LogP contribution in [-0.4, -0.2) is 31.1 Å². The molecular weight excluding hydrogens is 264 g/mol. The number of halogens is 1. The number of carbonyl (C=O) groups is 1. The van der Waals surface area contributed by atoms with Crippen molar-refractivity contribution < 1.29 is 9.53 Å². The minimum atomic E-state index is -0.464. The van der Waals surface area contributed by atoms with E-state index < -0.39 is 6.10 Å². The summed E-state index contributed by atoms with van der Waals surface area (Å²) >= 11 is 0. The summed E-state index contributed by atoms with van der Waals surface area (Å²) < 4.78 is 5.59. The molecule has 1 heterocycles. The SMILES string of the molecule is CC(Oc1ccccc1)C(=O)NC1CCCNC1.Cl. The highest BCUT2D eigenvalue weighted by atomic mass is 35.5. The molecule has 19 heavy (non-hydrogen) atoms. The van der Waals surface area contributed by atoms with Crippen molar-refractivity contribution in [2.45, 2.75) is 31.9 Å². The lowest BCUT2D eigenvalue weighted by molar-refractivity contribution is -0.128. The van der Waals surface area contributed by atoms with Gasteiger partial charge >= 0.3 is 0 Å². The molecule has 106 valence electrons. The Morgan fingerprint density at radius 3 is 2.79 bits per heavy atom. The van der Waals surface area contributed by atoms with E-state index in [1.807, 2.05) is 30.3 Å². The van der Waals surface area contributed by atoms with Gasteiger partial charge in [0.2, 0.25) is 0 Å². The largest absolute Gasteiger partial charge is 0.481 e. The van der Waals surface area contributed by atoms with Gasteiger partial charge in [-0.2, -0.15) is 0 Å². The summed E-state index contributed by atoms with van der Waals surface area (Å²) in [4.78, 5) is 12.0. The maximum absolute atomic E-state index is 12.0. The number of benzene rings is 1. The van der Waals surface area contributed by atoms with Gasteiger partial charge in [0.1, 0.15) is 5.75 Å². The van der Waals surface area contributed by atoms with Gasteiger partial charge in [0.15, 0.2) is 6.10 Å². The first-order chi connectivity index (χ1) is 8.75. The zero-order valence-electron chi connectivity index (χ0n) is 11.1. The van der Waals surface area contributed by atoms with E-state index in [-0.39, 0.29) is 24.4 Å². The molecule has 0 saturated carbocycles. The van der Waals surface area contributed by atoms with Gasteiger partial charge in [-0.05, 0) is 38.4 Å². The first-order valence-corrected chi connectivity index (χ1v) is 6.48. The molecule has 4 nitrogen and oxygen atoms in total. The second-order valence-electron chi connectivity index (χ2n) is 4.62. The number of rotatable bonds is 4. The Balaban J connectivity index is 0.00000180. The summed E-state index contributed by atoms with van der Waals surface area (Å²) in [6.07, 6.45) is 1.68. The predicted molar refractivity (Wildman–Crippen MR) is 77.8 cm³/mol. The fourth-order valence-corrected chi connectivity index (χ4v) is 2.05. The van der Waals surface area contributed by atoms with Gasteiger partial charge in [-0.3, -0.25) is 4.79 Å². The fourth-order valence-electron chi connectivity index (χ4n) is 2.05. The van der Waals surface area contributed by atoms with E-state index in [1.54, 1.807) is 6.92 Å². The highest BCUT2D eigenvalue weighted by Gasteiger charge is 2.20. The van der Waals surface area contributed by atoms with Gasteiger partial charge in [0.05, 0.1) is 0 Å². The topological polar surface area (TPSA) is 50.4 Å². The molecule has 5 heteroatoms. The van der Waals surface area contributed by atoms with Gasteiger partial charge in [-0.25, -0.2) is 0 Å². The lowest BCUT2D eigenvalue weighted by Crippen LogP contribution is -2.49. The molecule has 1 amide bonds. The maximum atomic E-state index is 12.0. The fraction of sp³-hybridized carbons (Fsp3) is 0.500. The van der Waals surface area contributed by atoms with Crippen LogP contribution in [0.4, 0.5) is 0 Å². The third kappa shape index (κ3) is 5.09. The standard InChI is InChI=1S/C14H20N2O2.ClH/c1-11(18-13-7-3-2-4-8-13)14(17)16-12-6-5-9-15-10-12;/h2-4,7-8,11-12,15H,5-6,9-10H2,1H3,(H,16,17);1H. The Kier molecular flexibility index (Phi) is 6.67. The summed E-state index contributed by atoms with van der Waals surface area (Å²) in [5, 5.41) is 6.29. The molecule has 2 rings (SSSR count). The molecule has 1 saturated heterocycles. The average molecular weight is 285 g/mol. The van der Waals surface area contributed by atoms with Gasteiger partial charge in [-0.1, -0.05) is 18.2 Å². The maximum Gasteiger partial charge on any atom is 0.261 e. The van der Waals surface area contributed by atoms with Crippen LogP contribution in [0.1, 0.15) is 19.8 Å². The molecule has 2 unspecified atom stereocenters. The zero-order chi connectivity index (χ0) is 12.8. The third-order valence-corrected chi connectivity index (χ3v) is 3.07. The molecule has 0 bridgehead atoms. The zero-order valence-corrected chi connectivity index (χ0v) is 11.9. The lowest BCUT2D eigenvalue weighted by atomic mass is 10.1. The smallest absolute Gasteiger partial charge is 0.261 e. The summed E-state index contributed by atoms with van der Waals surface area (Å²) in [6, 6.07) is 9.65. The third-order valence-electron chi connectivity index (χ3n) is 3.07. The van der Waals surface area contributed by atoms with E-state index in [2.05, 4.69) is 10.6 Å². The van der Waals surface area contributed by atoms with Crippen molar-refractivity contribution in [1.29, 1.82) is 0 Å². The van der Waals surface area contributed by atoms with Crippen LogP contribution in [0.15, 0.2) is 30.3 Å². The van der Waals surface area contributed by atoms with Crippen molar-refractivity contribution in [2.75, 3.05) is 13.1 Å². The lowest BCUT2D eigenvalue weighted by Gasteiger charge is -2.25. The van der Waals surface area contributed by atoms with Crippen molar-refractivity contribution in [3.8, 4) is 5.75 Å². The number of piperidine rings is 1. The van der Waals surface area contributed by atoms with Crippen LogP contribution in [0.5, 0.6) is 5.75 Å². The quantitative estimate of drug-likeness (QED) is 0.886. The Morgan fingerprint density at radius 2 is 2.16 bits per heavy atom. The van der Waals surface area contributed by atoms with Gasteiger partial charge in [0, 0.05) is 12.6 Å². The van der Waals surface area contributed by atoms with Crippen LogP contribution in [0.3, 0.4) is 0 Å². The number of hydrogen-bond donors (Lipinski definition) is 2. The molecule has 0 spiro atoms. The van der Waals surface area contributed by atoms with Crippen molar-refractivity contribution in [2.24, 2.45) is 0 Å². The van der Waals surface area contributed by atoms with E-state index in [4.69, 9.17) is 4.74 Å². The van der Waals surface area contributed by atoms with E-state index in [9.17, 15) is 4.79 Å². The number of para-hydroxylation sites is 1. The monoisotopic (exact) mass is 284 g/mol. The Morgan fingerprint density at radius 1 is 1.42 bits per heavy atom. The number of hydrogen-bond acceptors (Lipinski definition) is 3. The Hall–Kier alpha value is -1.26. The highest BCUT2D eigenvalue weighted by Crippen LogP contribution is 2.11. The normalized spacial score (nSPS) is 19.9. The van der Waals surface area contributed by atoms with Crippen LogP contribution in [0, 0.1) is 0 Å². The van der Waals surface area contributed by atoms with Crippen LogP contribution >= 0.6 is 12.4 Å². The average Bonchev–Trinajstić information content (AvgIpc) is 2.41. The molecule has 2 atom stereocenters. The second kappa shape index (κ2) is 8.02. The molecule has 1 fully saturated rings. The first kappa shape index (κ1) is 15.8. The summed E-state index contributed by atoms with van der Waals surface area (Å²) in [5.74, 6) is 0.675. The summed E-state index contributed by atoms with van der Waals surface area (Å²) in [6.45, 7) is 3.67. The molecule has 1 aliphatic heterocycles. The number of carbonyl (C=O) groups excluding carboxylic acids is 1. The molecule has 2 N–H and O–H groups in total. The van der Waals surface area contributed by atoms with Gasteiger partial charge in [0.25, 0.3) is 5.91 Å². The minimum Gasteiger partial charge on any atom is -0.481 e. The summed E-state index contributed by atoms with van der Waals surface area (Å²) in [7, 11) is 0. The van der Waals surface area contributed by atoms with Crippen LogP contribution in [0.2, 0.25) is 0 Å². The van der Waals surface area contributed by atoms with E-state index in [1.165, 1.54) is 0 Å². The van der Waals surface area contributed by atoms with E-state index in [0.29, 0.717) is 0 Å². The van der Waals surface area contributed by atoms with Crippen molar-refractivity contribution >= 4 is 18.3 Å². The highest BCUT2D eigenvalue weighted by molar-refractivity contribution is 5.85. The molecule has 0 radical (unpaired) electrons. The predicted octanol–water partition coefficient (Wildman–Crippen LogP) is 1.74.